The first-order chi connectivity index (χ1) is 8.27. The van der Waals surface area contributed by atoms with E-state index in [2.05, 4.69) is 5.32 Å². The van der Waals surface area contributed by atoms with Gasteiger partial charge in [0.25, 0.3) is 0 Å². The van der Waals surface area contributed by atoms with E-state index in [1.807, 2.05) is 20.8 Å². The fraction of sp³-hybridized carbons (Fsp3) is 0.538. The van der Waals surface area contributed by atoms with Gasteiger partial charge in [-0.2, -0.15) is 0 Å². The van der Waals surface area contributed by atoms with Gasteiger partial charge in [0.2, 0.25) is 5.91 Å². The van der Waals surface area contributed by atoms with E-state index in [1.54, 1.807) is 6.92 Å². The molecule has 1 rings (SSSR count). The summed E-state index contributed by atoms with van der Waals surface area (Å²) in [5, 5.41) is 11.6. The van der Waals surface area contributed by atoms with Crippen LogP contribution in [0.25, 0.3) is 0 Å². The largest absolute Gasteiger partial charge is 0.478 e. The number of nitrogens with one attached hydrogen (secondary N) is 1. The Hall–Kier alpha value is -1.78. The van der Waals surface area contributed by atoms with Crippen molar-refractivity contribution in [3.05, 3.63) is 23.2 Å². The number of rotatable bonds is 5. The Morgan fingerprint density at radius 3 is 2.50 bits per heavy atom. The van der Waals surface area contributed by atoms with Crippen LogP contribution in [-0.2, 0) is 11.3 Å². The van der Waals surface area contributed by atoms with Crippen molar-refractivity contribution in [2.75, 3.05) is 0 Å². The highest BCUT2D eigenvalue weighted by Gasteiger charge is 2.25. The number of hydrogen-bond donors (Lipinski definition) is 2. The third-order valence-electron chi connectivity index (χ3n) is 3.12. The molecule has 0 spiro atoms. The summed E-state index contributed by atoms with van der Waals surface area (Å²) in [7, 11) is 0. The minimum atomic E-state index is -1.03. The summed E-state index contributed by atoms with van der Waals surface area (Å²) in [6, 6.07) is 1.44. The van der Waals surface area contributed by atoms with E-state index in [9.17, 15) is 9.59 Å². The summed E-state index contributed by atoms with van der Waals surface area (Å²) >= 11 is 0. The smallest absolute Gasteiger partial charge is 0.339 e. The number of aromatic carboxylic acids is 1. The van der Waals surface area contributed by atoms with Gasteiger partial charge in [-0.1, -0.05) is 20.8 Å². The molecule has 0 aliphatic carbocycles. The normalized spacial score (nSPS) is 11.3. The maximum absolute atomic E-state index is 11.8. The monoisotopic (exact) mass is 253 g/mol. The lowest BCUT2D eigenvalue weighted by atomic mass is 9.89. The summed E-state index contributed by atoms with van der Waals surface area (Å²) in [5.74, 6) is -0.301. The van der Waals surface area contributed by atoms with E-state index in [1.165, 1.54) is 6.07 Å². The van der Waals surface area contributed by atoms with Crippen molar-refractivity contribution in [2.45, 2.75) is 40.7 Å². The lowest BCUT2D eigenvalue weighted by Crippen LogP contribution is -2.35. The molecule has 0 bridgehead atoms. The molecule has 0 radical (unpaired) electrons. The second-order valence-electron chi connectivity index (χ2n) is 4.91. The average molecular weight is 253 g/mol. The van der Waals surface area contributed by atoms with E-state index in [0.29, 0.717) is 11.5 Å². The lowest BCUT2D eigenvalue weighted by Gasteiger charge is -2.20. The highest BCUT2D eigenvalue weighted by Crippen LogP contribution is 2.20. The van der Waals surface area contributed by atoms with E-state index in [-0.39, 0.29) is 18.0 Å². The molecule has 18 heavy (non-hydrogen) atoms. The zero-order valence-corrected chi connectivity index (χ0v) is 11.2. The minimum Gasteiger partial charge on any atom is -0.478 e. The SMILES string of the molecule is CCC(C)(C)C(=O)NCc1cc(C(=O)O)c(C)o1. The topological polar surface area (TPSA) is 79.5 Å². The molecule has 0 saturated carbocycles. The average Bonchev–Trinajstić information content (AvgIpc) is 2.67. The number of carboxylic acid groups (broad SMARTS) is 1. The fourth-order valence-electron chi connectivity index (χ4n) is 1.41. The highest BCUT2D eigenvalue weighted by atomic mass is 16.4. The van der Waals surface area contributed by atoms with Gasteiger partial charge in [0.1, 0.15) is 17.1 Å². The molecule has 1 aromatic heterocycles. The molecule has 0 atom stereocenters. The molecule has 0 saturated heterocycles. The van der Waals surface area contributed by atoms with Crippen LogP contribution >= 0.6 is 0 Å². The zero-order valence-electron chi connectivity index (χ0n) is 11.2. The minimum absolute atomic E-state index is 0.0732. The first-order valence-corrected chi connectivity index (χ1v) is 5.89. The van der Waals surface area contributed by atoms with Gasteiger partial charge in [0, 0.05) is 5.41 Å². The van der Waals surface area contributed by atoms with Crippen molar-refractivity contribution >= 4 is 11.9 Å². The molecular formula is C13H19NO4. The van der Waals surface area contributed by atoms with Crippen LogP contribution in [0.4, 0.5) is 0 Å². The van der Waals surface area contributed by atoms with Gasteiger partial charge in [0.05, 0.1) is 6.54 Å². The molecule has 0 fully saturated rings. The molecule has 2 N–H and O–H groups in total. The number of aryl methyl sites for hydroxylation is 1. The predicted octanol–water partition coefficient (Wildman–Crippen LogP) is 2.34. The van der Waals surface area contributed by atoms with Crippen molar-refractivity contribution in [2.24, 2.45) is 5.41 Å². The molecule has 0 aromatic carbocycles. The Morgan fingerprint density at radius 1 is 1.44 bits per heavy atom. The summed E-state index contributed by atoms with van der Waals surface area (Å²) < 4.78 is 5.28. The van der Waals surface area contributed by atoms with E-state index >= 15 is 0 Å². The Morgan fingerprint density at radius 2 is 2.06 bits per heavy atom. The van der Waals surface area contributed by atoms with Gasteiger partial charge >= 0.3 is 5.97 Å². The number of hydrogen-bond acceptors (Lipinski definition) is 3. The van der Waals surface area contributed by atoms with Crippen LogP contribution in [0, 0.1) is 12.3 Å². The molecule has 1 amide bonds. The van der Waals surface area contributed by atoms with Crippen LogP contribution in [0.1, 0.15) is 49.1 Å². The van der Waals surface area contributed by atoms with Gasteiger partial charge in [-0.05, 0) is 19.4 Å². The first kappa shape index (κ1) is 14.3. The van der Waals surface area contributed by atoms with Crippen LogP contribution in [-0.4, -0.2) is 17.0 Å². The molecule has 0 aliphatic rings. The number of carbonyl (C=O) groups excluding carboxylic acids is 1. The Labute approximate surface area is 106 Å². The highest BCUT2D eigenvalue weighted by molar-refractivity contribution is 5.88. The Kier molecular flexibility index (Phi) is 4.16. The van der Waals surface area contributed by atoms with Gasteiger partial charge in [-0.15, -0.1) is 0 Å². The zero-order chi connectivity index (χ0) is 13.9. The third kappa shape index (κ3) is 3.12. The van der Waals surface area contributed by atoms with Crippen molar-refractivity contribution in [1.82, 2.24) is 5.32 Å². The van der Waals surface area contributed by atoms with Gasteiger partial charge in [0.15, 0.2) is 0 Å². The molecule has 5 nitrogen and oxygen atoms in total. The van der Waals surface area contributed by atoms with Gasteiger partial charge < -0.3 is 14.8 Å². The number of furan rings is 1. The van der Waals surface area contributed by atoms with Crippen molar-refractivity contribution in [1.29, 1.82) is 0 Å². The molecule has 0 aliphatic heterocycles. The molecule has 0 unspecified atom stereocenters. The van der Waals surface area contributed by atoms with Crippen LogP contribution in [0.15, 0.2) is 10.5 Å². The fourth-order valence-corrected chi connectivity index (χ4v) is 1.41. The van der Waals surface area contributed by atoms with E-state index in [4.69, 9.17) is 9.52 Å². The van der Waals surface area contributed by atoms with Crippen LogP contribution in [0.2, 0.25) is 0 Å². The molecule has 1 heterocycles. The molecule has 5 heteroatoms. The van der Waals surface area contributed by atoms with Crippen LogP contribution < -0.4 is 5.32 Å². The first-order valence-electron chi connectivity index (χ1n) is 5.89. The standard InChI is InChI=1S/C13H19NO4/c1-5-13(3,4)12(17)14-7-9-6-10(11(15)16)8(2)18-9/h6H,5,7H2,1-4H3,(H,14,17)(H,15,16). The van der Waals surface area contributed by atoms with E-state index in [0.717, 1.165) is 6.42 Å². The maximum atomic E-state index is 11.8. The molecule has 100 valence electrons. The maximum Gasteiger partial charge on any atom is 0.339 e. The second-order valence-corrected chi connectivity index (χ2v) is 4.91. The summed E-state index contributed by atoms with van der Waals surface area (Å²) in [4.78, 5) is 22.7. The summed E-state index contributed by atoms with van der Waals surface area (Å²) in [5.41, 5.74) is -0.300. The summed E-state index contributed by atoms with van der Waals surface area (Å²) in [6.07, 6.45) is 0.733. The Balaban J connectivity index is 2.68. The number of amides is 1. The quantitative estimate of drug-likeness (QED) is 0.844. The van der Waals surface area contributed by atoms with Crippen molar-refractivity contribution in [3.8, 4) is 0 Å². The third-order valence-corrected chi connectivity index (χ3v) is 3.12. The Bertz CT molecular complexity index is 460. The predicted molar refractivity (Wildman–Crippen MR) is 66.3 cm³/mol. The van der Waals surface area contributed by atoms with Crippen molar-refractivity contribution < 1.29 is 19.1 Å². The van der Waals surface area contributed by atoms with Gasteiger partial charge in [-0.3, -0.25) is 4.79 Å². The van der Waals surface area contributed by atoms with Gasteiger partial charge in [-0.25, -0.2) is 4.79 Å². The van der Waals surface area contributed by atoms with Crippen LogP contribution in [0.5, 0.6) is 0 Å². The molecule has 1 aromatic rings. The summed E-state index contributed by atoms with van der Waals surface area (Å²) in [6.45, 7) is 7.46. The number of carboxylic acids is 1. The lowest BCUT2D eigenvalue weighted by molar-refractivity contribution is -0.129. The van der Waals surface area contributed by atoms with Crippen LogP contribution in [0.3, 0.4) is 0 Å². The number of carbonyl (C=O) groups is 2. The second kappa shape index (κ2) is 5.25. The molecular weight excluding hydrogens is 234 g/mol. The van der Waals surface area contributed by atoms with Crippen molar-refractivity contribution in [3.63, 3.8) is 0 Å². The van der Waals surface area contributed by atoms with E-state index < -0.39 is 11.4 Å².